The standard InChI is InChI=1S/C25H30Cl2N2O2/c1-2-3-4-5-6-7-8-15-30-22-13-11-20(12-14-22)24-28-29-25(31-24)23-16-19(17-26)9-10-21(23)18-27/h9-14,16H,2-8,15,17-18H2,1H3. The lowest BCUT2D eigenvalue weighted by Crippen LogP contribution is -1.97. The summed E-state index contributed by atoms with van der Waals surface area (Å²) in [6.07, 6.45) is 8.92. The Labute approximate surface area is 194 Å². The summed E-state index contributed by atoms with van der Waals surface area (Å²) in [6.45, 7) is 2.99. The average Bonchev–Trinajstić information content (AvgIpc) is 3.31. The van der Waals surface area contributed by atoms with Crippen molar-refractivity contribution in [3.8, 4) is 28.7 Å². The van der Waals surface area contributed by atoms with Crippen LogP contribution in [-0.4, -0.2) is 16.8 Å². The van der Waals surface area contributed by atoms with Crippen molar-refractivity contribution in [2.75, 3.05) is 6.61 Å². The number of hydrogen-bond acceptors (Lipinski definition) is 4. The first kappa shape index (κ1) is 23.6. The van der Waals surface area contributed by atoms with Crippen molar-refractivity contribution in [3.05, 3.63) is 53.6 Å². The lowest BCUT2D eigenvalue weighted by molar-refractivity contribution is 0.304. The van der Waals surface area contributed by atoms with Crippen LogP contribution < -0.4 is 4.74 Å². The Bertz CT molecular complexity index is 926. The Morgan fingerprint density at radius 3 is 2.23 bits per heavy atom. The Kier molecular flexibility index (Phi) is 9.70. The Hall–Kier alpha value is -2.04. The van der Waals surface area contributed by atoms with Gasteiger partial charge in [0.2, 0.25) is 11.8 Å². The van der Waals surface area contributed by atoms with Crippen molar-refractivity contribution in [3.63, 3.8) is 0 Å². The average molecular weight is 461 g/mol. The number of hydrogen-bond donors (Lipinski definition) is 0. The third-order valence-electron chi connectivity index (χ3n) is 5.25. The third kappa shape index (κ3) is 6.98. The molecule has 0 saturated heterocycles. The molecule has 0 saturated carbocycles. The van der Waals surface area contributed by atoms with E-state index < -0.39 is 0 Å². The first-order chi connectivity index (χ1) is 15.2. The minimum Gasteiger partial charge on any atom is -0.494 e. The molecule has 1 aromatic heterocycles. The largest absolute Gasteiger partial charge is 0.494 e. The van der Waals surface area contributed by atoms with E-state index in [9.17, 15) is 0 Å². The zero-order valence-electron chi connectivity index (χ0n) is 18.1. The molecule has 0 N–H and O–H groups in total. The predicted octanol–water partition coefficient (Wildman–Crippen LogP) is 8.01. The van der Waals surface area contributed by atoms with Crippen LogP contribution in [0.3, 0.4) is 0 Å². The number of ether oxygens (including phenoxy) is 1. The van der Waals surface area contributed by atoms with E-state index in [1.165, 1.54) is 38.5 Å². The molecule has 0 fully saturated rings. The second-order valence-electron chi connectivity index (χ2n) is 7.67. The van der Waals surface area contributed by atoms with Gasteiger partial charge in [-0.3, -0.25) is 0 Å². The van der Waals surface area contributed by atoms with Gasteiger partial charge in [-0.25, -0.2) is 0 Å². The van der Waals surface area contributed by atoms with E-state index in [0.717, 1.165) is 41.0 Å². The van der Waals surface area contributed by atoms with Crippen molar-refractivity contribution in [2.24, 2.45) is 0 Å². The quantitative estimate of drug-likeness (QED) is 0.191. The van der Waals surface area contributed by atoms with Crippen molar-refractivity contribution in [1.29, 1.82) is 0 Å². The van der Waals surface area contributed by atoms with Crippen LogP contribution in [0.25, 0.3) is 22.9 Å². The highest BCUT2D eigenvalue weighted by atomic mass is 35.5. The van der Waals surface area contributed by atoms with E-state index >= 15 is 0 Å². The van der Waals surface area contributed by atoms with Gasteiger partial charge in [0.1, 0.15) is 5.75 Å². The van der Waals surface area contributed by atoms with Crippen molar-refractivity contribution in [1.82, 2.24) is 10.2 Å². The normalized spacial score (nSPS) is 11.1. The summed E-state index contributed by atoms with van der Waals surface area (Å²) in [5, 5.41) is 8.42. The van der Waals surface area contributed by atoms with Crippen molar-refractivity contribution < 1.29 is 9.15 Å². The van der Waals surface area contributed by atoms with E-state index in [0.29, 0.717) is 23.5 Å². The van der Waals surface area contributed by atoms with Gasteiger partial charge in [-0.05, 0) is 47.9 Å². The van der Waals surface area contributed by atoms with Gasteiger partial charge in [0.05, 0.1) is 6.61 Å². The number of alkyl halides is 2. The van der Waals surface area contributed by atoms with E-state index in [4.69, 9.17) is 32.4 Å². The highest BCUT2D eigenvalue weighted by molar-refractivity contribution is 6.18. The summed E-state index contributed by atoms with van der Waals surface area (Å²) in [5.74, 6) is 2.54. The maximum Gasteiger partial charge on any atom is 0.248 e. The summed E-state index contributed by atoms with van der Waals surface area (Å²) in [7, 11) is 0. The minimum absolute atomic E-state index is 0.361. The lowest BCUT2D eigenvalue weighted by atomic mass is 10.1. The number of halogens is 2. The van der Waals surface area contributed by atoms with E-state index in [1.54, 1.807) is 0 Å². The molecule has 0 radical (unpaired) electrons. The zero-order chi connectivity index (χ0) is 21.9. The maximum atomic E-state index is 6.07. The molecule has 3 rings (SSSR count). The second-order valence-corrected chi connectivity index (χ2v) is 8.20. The Morgan fingerprint density at radius 2 is 1.52 bits per heavy atom. The molecule has 0 atom stereocenters. The van der Waals surface area contributed by atoms with Crippen LogP contribution in [0.1, 0.15) is 63.0 Å². The van der Waals surface area contributed by atoms with Gasteiger partial charge in [0, 0.05) is 22.9 Å². The molecule has 0 aliphatic carbocycles. The van der Waals surface area contributed by atoms with Crippen LogP contribution in [-0.2, 0) is 11.8 Å². The molecule has 0 aliphatic rings. The molecule has 0 spiro atoms. The molecule has 0 aliphatic heterocycles. The molecule has 166 valence electrons. The predicted molar refractivity (Wildman–Crippen MR) is 128 cm³/mol. The number of rotatable bonds is 13. The van der Waals surface area contributed by atoms with Crippen molar-refractivity contribution in [2.45, 2.75) is 63.6 Å². The summed E-state index contributed by atoms with van der Waals surface area (Å²) in [4.78, 5) is 0. The van der Waals surface area contributed by atoms with Gasteiger partial charge in [-0.15, -0.1) is 33.4 Å². The number of unbranched alkanes of at least 4 members (excludes halogenated alkanes) is 6. The van der Waals surface area contributed by atoms with Gasteiger partial charge in [-0.1, -0.05) is 57.6 Å². The molecular weight excluding hydrogens is 431 g/mol. The van der Waals surface area contributed by atoms with Gasteiger partial charge < -0.3 is 9.15 Å². The van der Waals surface area contributed by atoms with Crippen LogP contribution in [0, 0.1) is 0 Å². The summed E-state index contributed by atoms with van der Waals surface area (Å²) < 4.78 is 11.8. The fourth-order valence-electron chi connectivity index (χ4n) is 3.41. The third-order valence-corrected chi connectivity index (χ3v) is 5.84. The zero-order valence-corrected chi connectivity index (χ0v) is 19.6. The molecule has 0 unspecified atom stereocenters. The molecular formula is C25H30Cl2N2O2. The number of nitrogens with zero attached hydrogens (tertiary/aromatic N) is 2. The Morgan fingerprint density at radius 1 is 0.806 bits per heavy atom. The number of benzene rings is 2. The molecule has 3 aromatic rings. The maximum absolute atomic E-state index is 6.07. The van der Waals surface area contributed by atoms with Crippen LogP contribution in [0.2, 0.25) is 0 Å². The van der Waals surface area contributed by atoms with Gasteiger partial charge in [0.25, 0.3) is 0 Å². The molecule has 2 aromatic carbocycles. The first-order valence-corrected chi connectivity index (χ1v) is 12.1. The fraction of sp³-hybridized carbons (Fsp3) is 0.440. The van der Waals surface area contributed by atoms with Crippen LogP contribution in [0.15, 0.2) is 46.9 Å². The minimum atomic E-state index is 0.361. The van der Waals surface area contributed by atoms with E-state index in [2.05, 4.69) is 17.1 Å². The van der Waals surface area contributed by atoms with Gasteiger partial charge in [-0.2, -0.15) is 0 Å². The molecule has 4 nitrogen and oxygen atoms in total. The SMILES string of the molecule is CCCCCCCCCOc1ccc(-c2nnc(-c3cc(CCl)ccc3CCl)o2)cc1. The first-order valence-electron chi connectivity index (χ1n) is 11.1. The molecule has 1 heterocycles. The topological polar surface area (TPSA) is 48.2 Å². The highest BCUT2D eigenvalue weighted by Gasteiger charge is 2.14. The molecule has 31 heavy (non-hydrogen) atoms. The number of aromatic nitrogens is 2. The molecule has 6 heteroatoms. The molecule has 0 amide bonds. The molecule has 0 bridgehead atoms. The second kappa shape index (κ2) is 12.7. The van der Waals surface area contributed by atoms with Crippen molar-refractivity contribution >= 4 is 23.2 Å². The van der Waals surface area contributed by atoms with Crippen LogP contribution in [0.5, 0.6) is 5.75 Å². The summed E-state index contributed by atoms with van der Waals surface area (Å²) in [5.41, 5.74) is 3.58. The van der Waals surface area contributed by atoms with Gasteiger partial charge >= 0.3 is 0 Å². The Balaban J connectivity index is 1.55. The summed E-state index contributed by atoms with van der Waals surface area (Å²) >= 11 is 12.0. The fourth-order valence-corrected chi connectivity index (χ4v) is 3.81. The van der Waals surface area contributed by atoms with Crippen LogP contribution >= 0.6 is 23.2 Å². The smallest absolute Gasteiger partial charge is 0.248 e. The monoisotopic (exact) mass is 460 g/mol. The van der Waals surface area contributed by atoms with Crippen LogP contribution in [0.4, 0.5) is 0 Å². The van der Waals surface area contributed by atoms with E-state index in [-0.39, 0.29) is 0 Å². The highest BCUT2D eigenvalue weighted by Crippen LogP contribution is 2.29. The van der Waals surface area contributed by atoms with E-state index in [1.807, 2.05) is 42.5 Å². The van der Waals surface area contributed by atoms with Gasteiger partial charge in [0.15, 0.2) is 0 Å². The lowest BCUT2D eigenvalue weighted by Gasteiger charge is -2.06. The summed E-state index contributed by atoms with van der Waals surface area (Å²) in [6, 6.07) is 13.6.